The first-order chi connectivity index (χ1) is 10.5. The third-order valence-corrected chi connectivity index (χ3v) is 3.32. The number of carbonyl (C=O) groups is 1. The second-order valence-corrected chi connectivity index (χ2v) is 5.31. The van der Waals surface area contributed by atoms with Gasteiger partial charge >= 0.3 is 0 Å². The van der Waals surface area contributed by atoms with Gasteiger partial charge in [-0.25, -0.2) is 8.78 Å². The molecule has 2 aromatic rings. The van der Waals surface area contributed by atoms with Crippen LogP contribution in [0, 0.1) is 11.6 Å². The number of halogens is 2. The molecule has 0 aromatic heterocycles. The highest BCUT2D eigenvalue weighted by atomic mass is 19.1. The van der Waals surface area contributed by atoms with Gasteiger partial charge in [-0.2, -0.15) is 0 Å². The Labute approximate surface area is 128 Å². The van der Waals surface area contributed by atoms with Gasteiger partial charge in [0.25, 0.3) is 5.91 Å². The lowest BCUT2D eigenvalue weighted by atomic mass is 10.2. The molecule has 0 saturated carbocycles. The van der Waals surface area contributed by atoms with E-state index in [1.165, 1.54) is 18.2 Å². The fraction of sp³-hybridized carbons (Fsp3) is 0.235. The predicted octanol–water partition coefficient (Wildman–Crippen LogP) is 1.30. The quantitative estimate of drug-likeness (QED) is 0.829. The number of nitrogens with one attached hydrogen (secondary N) is 2. The van der Waals surface area contributed by atoms with E-state index in [9.17, 15) is 13.6 Å². The number of quaternary nitrogens is 1. The molecule has 0 spiro atoms. The van der Waals surface area contributed by atoms with Crippen molar-refractivity contribution >= 4 is 5.91 Å². The minimum absolute atomic E-state index is 0.150. The molecular formula is C17H19F2N2O+. The summed E-state index contributed by atoms with van der Waals surface area (Å²) < 4.78 is 26.3. The molecule has 1 amide bonds. The van der Waals surface area contributed by atoms with Crippen molar-refractivity contribution in [3.8, 4) is 0 Å². The maximum atomic E-state index is 13.4. The Morgan fingerprint density at radius 2 is 1.77 bits per heavy atom. The zero-order valence-electron chi connectivity index (χ0n) is 12.4. The molecule has 2 aromatic carbocycles. The van der Waals surface area contributed by atoms with Gasteiger partial charge in [0.05, 0.1) is 7.05 Å². The maximum Gasteiger partial charge on any atom is 0.275 e. The summed E-state index contributed by atoms with van der Waals surface area (Å²) in [6, 6.07) is 12.6. The van der Waals surface area contributed by atoms with Crippen LogP contribution < -0.4 is 10.2 Å². The molecule has 0 heterocycles. The Kier molecular flexibility index (Phi) is 5.61. The Hall–Kier alpha value is -2.27. The summed E-state index contributed by atoms with van der Waals surface area (Å²) in [5.41, 5.74) is 1.42. The second-order valence-electron chi connectivity index (χ2n) is 5.31. The summed E-state index contributed by atoms with van der Waals surface area (Å²) in [5.74, 6) is -0.748. The van der Waals surface area contributed by atoms with Crippen LogP contribution in [0.4, 0.5) is 8.78 Å². The molecule has 1 atom stereocenters. The maximum absolute atomic E-state index is 13.4. The molecule has 2 rings (SSSR count). The van der Waals surface area contributed by atoms with Gasteiger partial charge < -0.3 is 10.2 Å². The molecule has 2 N–H and O–H groups in total. The highest BCUT2D eigenvalue weighted by Crippen LogP contribution is 2.05. The van der Waals surface area contributed by atoms with Crippen LogP contribution >= 0.6 is 0 Å². The van der Waals surface area contributed by atoms with Gasteiger partial charge in [0.2, 0.25) is 0 Å². The van der Waals surface area contributed by atoms with Gasteiger partial charge in [-0.05, 0) is 18.2 Å². The fourth-order valence-corrected chi connectivity index (χ4v) is 2.19. The van der Waals surface area contributed by atoms with Crippen LogP contribution in [0.2, 0.25) is 0 Å². The van der Waals surface area contributed by atoms with E-state index in [0.717, 1.165) is 10.5 Å². The average molecular weight is 305 g/mol. The molecule has 0 aliphatic rings. The van der Waals surface area contributed by atoms with E-state index < -0.39 is 0 Å². The van der Waals surface area contributed by atoms with E-state index in [1.807, 2.05) is 7.05 Å². The molecule has 0 bridgehead atoms. The van der Waals surface area contributed by atoms with Gasteiger partial charge in [-0.3, -0.25) is 4.79 Å². The molecular weight excluding hydrogens is 286 g/mol. The number of amides is 1. The molecule has 0 saturated heterocycles. The predicted molar refractivity (Wildman–Crippen MR) is 80.1 cm³/mol. The lowest BCUT2D eigenvalue weighted by molar-refractivity contribution is -0.885. The van der Waals surface area contributed by atoms with Crippen LogP contribution in [0.5, 0.6) is 0 Å². The van der Waals surface area contributed by atoms with Crippen molar-refractivity contribution in [2.75, 3.05) is 13.6 Å². The normalized spacial score (nSPS) is 12.0. The molecule has 116 valence electrons. The summed E-state index contributed by atoms with van der Waals surface area (Å²) in [7, 11) is 1.88. The Balaban J connectivity index is 1.79. The standard InChI is InChI=1S/C17H18F2N2O/c1-21(11-13-6-8-15(18)9-7-13)12-17(22)20-10-14-4-2-3-5-16(14)19/h2-9H,10-12H2,1H3,(H,20,22)/p+1. The largest absolute Gasteiger partial charge is 0.347 e. The first-order valence-corrected chi connectivity index (χ1v) is 7.10. The minimum atomic E-state index is -0.324. The van der Waals surface area contributed by atoms with E-state index in [4.69, 9.17) is 0 Å². The van der Waals surface area contributed by atoms with E-state index >= 15 is 0 Å². The fourth-order valence-electron chi connectivity index (χ4n) is 2.19. The van der Waals surface area contributed by atoms with Crippen molar-refractivity contribution in [2.24, 2.45) is 0 Å². The smallest absolute Gasteiger partial charge is 0.275 e. The van der Waals surface area contributed by atoms with Crippen molar-refractivity contribution in [3.63, 3.8) is 0 Å². The number of benzene rings is 2. The van der Waals surface area contributed by atoms with Gasteiger partial charge in [-0.15, -0.1) is 0 Å². The molecule has 22 heavy (non-hydrogen) atoms. The van der Waals surface area contributed by atoms with Crippen molar-refractivity contribution < 1.29 is 18.5 Å². The highest BCUT2D eigenvalue weighted by molar-refractivity contribution is 5.76. The number of hydrogen-bond donors (Lipinski definition) is 2. The van der Waals surface area contributed by atoms with Crippen LogP contribution in [0.15, 0.2) is 48.5 Å². The summed E-state index contributed by atoms with van der Waals surface area (Å²) in [5, 5.41) is 2.71. The zero-order chi connectivity index (χ0) is 15.9. The lowest BCUT2D eigenvalue weighted by Gasteiger charge is -2.14. The molecule has 0 radical (unpaired) electrons. The van der Waals surface area contributed by atoms with Crippen molar-refractivity contribution in [1.82, 2.24) is 5.32 Å². The summed E-state index contributed by atoms with van der Waals surface area (Å²) in [6.45, 7) is 1.06. The zero-order valence-corrected chi connectivity index (χ0v) is 12.4. The second kappa shape index (κ2) is 7.66. The number of carbonyl (C=O) groups excluding carboxylic acids is 1. The van der Waals surface area contributed by atoms with E-state index in [2.05, 4.69) is 5.32 Å². The van der Waals surface area contributed by atoms with Crippen LogP contribution in [-0.4, -0.2) is 19.5 Å². The molecule has 3 nitrogen and oxygen atoms in total. The highest BCUT2D eigenvalue weighted by Gasteiger charge is 2.11. The Morgan fingerprint density at radius 3 is 2.45 bits per heavy atom. The molecule has 0 aliphatic heterocycles. The van der Waals surface area contributed by atoms with E-state index in [1.54, 1.807) is 30.3 Å². The first kappa shape index (κ1) is 16.1. The Morgan fingerprint density at radius 1 is 1.09 bits per heavy atom. The average Bonchev–Trinajstić information content (AvgIpc) is 2.49. The summed E-state index contributed by atoms with van der Waals surface area (Å²) in [6.07, 6.45) is 0. The third kappa shape index (κ3) is 4.93. The topological polar surface area (TPSA) is 33.5 Å². The van der Waals surface area contributed by atoms with E-state index in [0.29, 0.717) is 12.1 Å². The van der Waals surface area contributed by atoms with Crippen molar-refractivity contribution in [2.45, 2.75) is 13.1 Å². The van der Waals surface area contributed by atoms with Crippen LogP contribution in [0.3, 0.4) is 0 Å². The van der Waals surface area contributed by atoms with Gasteiger partial charge in [0.1, 0.15) is 18.2 Å². The summed E-state index contributed by atoms with van der Waals surface area (Å²) >= 11 is 0. The molecule has 1 unspecified atom stereocenters. The third-order valence-electron chi connectivity index (χ3n) is 3.32. The number of likely N-dealkylation sites (N-methyl/N-ethyl adjacent to an activating group) is 1. The number of hydrogen-bond acceptors (Lipinski definition) is 1. The van der Waals surface area contributed by atoms with Crippen LogP contribution in [-0.2, 0) is 17.9 Å². The molecule has 5 heteroatoms. The lowest BCUT2D eigenvalue weighted by Crippen LogP contribution is -3.08. The number of rotatable bonds is 6. The van der Waals surface area contributed by atoms with Crippen LogP contribution in [0.25, 0.3) is 0 Å². The van der Waals surface area contributed by atoms with Gasteiger partial charge in [0, 0.05) is 17.7 Å². The van der Waals surface area contributed by atoms with Crippen LogP contribution in [0.1, 0.15) is 11.1 Å². The SMILES string of the molecule is C[NH+](CC(=O)NCc1ccccc1F)Cc1ccc(F)cc1. The van der Waals surface area contributed by atoms with Gasteiger partial charge in [-0.1, -0.05) is 30.3 Å². The molecule has 0 fully saturated rings. The summed E-state index contributed by atoms with van der Waals surface area (Å²) in [4.78, 5) is 12.8. The van der Waals surface area contributed by atoms with Gasteiger partial charge in [0.15, 0.2) is 6.54 Å². The molecule has 0 aliphatic carbocycles. The van der Waals surface area contributed by atoms with E-state index in [-0.39, 0.29) is 30.6 Å². The minimum Gasteiger partial charge on any atom is -0.347 e. The Bertz CT molecular complexity index is 629. The monoisotopic (exact) mass is 305 g/mol. The van der Waals surface area contributed by atoms with Crippen molar-refractivity contribution in [1.29, 1.82) is 0 Å². The first-order valence-electron chi connectivity index (χ1n) is 7.10. The van der Waals surface area contributed by atoms with Crippen molar-refractivity contribution in [3.05, 3.63) is 71.3 Å².